The normalized spacial score (nSPS) is 12.1. The predicted molar refractivity (Wildman–Crippen MR) is 58.4 cm³/mol. The van der Waals surface area contributed by atoms with Crippen LogP contribution in [0.2, 0.25) is 0 Å². The Labute approximate surface area is 89.2 Å². The molecule has 0 aliphatic rings. The van der Waals surface area contributed by atoms with Crippen LogP contribution >= 0.6 is 0 Å². The van der Waals surface area contributed by atoms with Gasteiger partial charge in [-0.3, -0.25) is 4.79 Å². The zero-order valence-electron chi connectivity index (χ0n) is 8.77. The van der Waals surface area contributed by atoms with Crippen molar-refractivity contribution in [1.29, 1.82) is 0 Å². The van der Waals surface area contributed by atoms with Gasteiger partial charge < -0.3 is 16.2 Å². The van der Waals surface area contributed by atoms with E-state index in [1.807, 2.05) is 19.1 Å². The molecule has 1 atom stereocenters. The Balaban J connectivity index is 2.60. The second-order valence-electron chi connectivity index (χ2n) is 3.34. The van der Waals surface area contributed by atoms with E-state index in [1.54, 1.807) is 12.1 Å². The summed E-state index contributed by atoms with van der Waals surface area (Å²) in [5.74, 6) is 0.144. The third kappa shape index (κ3) is 3.59. The molecule has 15 heavy (non-hydrogen) atoms. The zero-order valence-corrected chi connectivity index (χ0v) is 8.77. The Bertz CT molecular complexity index is 322. The van der Waals surface area contributed by atoms with Gasteiger partial charge in [-0.1, -0.05) is 19.1 Å². The van der Waals surface area contributed by atoms with Crippen molar-refractivity contribution >= 4 is 5.91 Å². The van der Waals surface area contributed by atoms with E-state index >= 15 is 0 Å². The standard InChI is InChI=1S/C11H16N2O2/c1-2-10(12)8-3-5-9(6-4-8)15-7-11(13)14/h3-6,10H,2,7,12H2,1H3,(H2,13,14). The Morgan fingerprint density at radius 3 is 2.47 bits per heavy atom. The maximum Gasteiger partial charge on any atom is 0.255 e. The van der Waals surface area contributed by atoms with E-state index in [0.29, 0.717) is 5.75 Å². The van der Waals surface area contributed by atoms with Crippen LogP contribution in [0.15, 0.2) is 24.3 Å². The van der Waals surface area contributed by atoms with Crippen molar-refractivity contribution < 1.29 is 9.53 Å². The van der Waals surface area contributed by atoms with Crippen molar-refractivity contribution in [3.63, 3.8) is 0 Å². The first kappa shape index (κ1) is 11.5. The second-order valence-corrected chi connectivity index (χ2v) is 3.34. The monoisotopic (exact) mass is 208 g/mol. The van der Waals surface area contributed by atoms with Crippen molar-refractivity contribution in [3.8, 4) is 5.75 Å². The molecule has 0 saturated carbocycles. The molecule has 0 bridgehead atoms. The topological polar surface area (TPSA) is 78.3 Å². The molecule has 0 aliphatic carbocycles. The van der Waals surface area contributed by atoms with E-state index in [2.05, 4.69) is 0 Å². The first-order valence-corrected chi connectivity index (χ1v) is 4.90. The van der Waals surface area contributed by atoms with Crippen molar-refractivity contribution in [3.05, 3.63) is 29.8 Å². The molecule has 0 saturated heterocycles. The minimum absolute atomic E-state index is 0.0511. The quantitative estimate of drug-likeness (QED) is 0.756. The molecule has 4 N–H and O–H groups in total. The van der Waals surface area contributed by atoms with Crippen LogP contribution in [0.3, 0.4) is 0 Å². The summed E-state index contributed by atoms with van der Waals surface area (Å²) in [5, 5.41) is 0. The number of primary amides is 1. The third-order valence-electron chi connectivity index (χ3n) is 2.13. The first-order chi connectivity index (χ1) is 7.13. The fourth-order valence-corrected chi connectivity index (χ4v) is 1.20. The van der Waals surface area contributed by atoms with Gasteiger partial charge in [0.1, 0.15) is 5.75 Å². The van der Waals surface area contributed by atoms with Gasteiger partial charge >= 0.3 is 0 Å². The van der Waals surface area contributed by atoms with Gasteiger partial charge in [-0.05, 0) is 24.1 Å². The van der Waals surface area contributed by atoms with Gasteiger partial charge in [-0.15, -0.1) is 0 Å². The average Bonchev–Trinajstić information content (AvgIpc) is 2.26. The summed E-state index contributed by atoms with van der Waals surface area (Å²) in [6, 6.07) is 7.41. The summed E-state index contributed by atoms with van der Waals surface area (Å²) in [7, 11) is 0. The summed E-state index contributed by atoms with van der Waals surface area (Å²) >= 11 is 0. The number of ether oxygens (including phenoxy) is 1. The lowest BCUT2D eigenvalue weighted by Crippen LogP contribution is -2.20. The molecule has 1 aromatic rings. The number of benzene rings is 1. The zero-order chi connectivity index (χ0) is 11.3. The highest BCUT2D eigenvalue weighted by Gasteiger charge is 2.03. The second kappa shape index (κ2) is 5.36. The van der Waals surface area contributed by atoms with E-state index in [-0.39, 0.29) is 12.6 Å². The van der Waals surface area contributed by atoms with Crippen LogP contribution in [-0.4, -0.2) is 12.5 Å². The van der Waals surface area contributed by atoms with Crippen molar-refractivity contribution in [2.45, 2.75) is 19.4 Å². The number of carbonyl (C=O) groups is 1. The number of rotatable bonds is 5. The van der Waals surface area contributed by atoms with E-state index in [4.69, 9.17) is 16.2 Å². The predicted octanol–water partition coefficient (Wildman–Crippen LogP) is 0.960. The molecule has 1 unspecified atom stereocenters. The molecule has 1 rings (SSSR count). The van der Waals surface area contributed by atoms with Gasteiger partial charge in [0.2, 0.25) is 0 Å². The summed E-state index contributed by atoms with van der Waals surface area (Å²) in [5.41, 5.74) is 11.9. The number of hydrogen-bond acceptors (Lipinski definition) is 3. The third-order valence-corrected chi connectivity index (χ3v) is 2.13. The Morgan fingerprint density at radius 1 is 1.40 bits per heavy atom. The molecule has 0 heterocycles. The maximum atomic E-state index is 10.5. The lowest BCUT2D eigenvalue weighted by Gasteiger charge is -2.10. The lowest BCUT2D eigenvalue weighted by atomic mass is 10.1. The number of nitrogens with two attached hydrogens (primary N) is 2. The average molecular weight is 208 g/mol. The molecule has 4 heteroatoms. The number of hydrogen-bond donors (Lipinski definition) is 2. The van der Waals surface area contributed by atoms with Gasteiger partial charge in [-0.2, -0.15) is 0 Å². The minimum Gasteiger partial charge on any atom is -0.484 e. The smallest absolute Gasteiger partial charge is 0.255 e. The van der Waals surface area contributed by atoms with Crippen LogP contribution in [-0.2, 0) is 4.79 Å². The molecule has 1 amide bonds. The lowest BCUT2D eigenvalue weighted by molar-refractivity contribution is -0.119. The molecule has 0 aliphatic heterocycles. The molecular formula is C11H16N2O2. The van der Waals surface area contributed by atoms with E-state index in [0.717, 1.165) is 12.0 Å². The largest absolute Gasteiger partial charge is 0.484 e. The Morgan fingerprint density at radius 2 is 2.00 bits per heavy atom. The molecule has 82 valence electrons. The van der Waals surface area contributed by atoms with E-state index in [9.17, 15) is 4.79 Å². The van der Waals surface area contributed by atoms with Crippen LogP contribution in [0.25, 0.3) is 0 Å². The SMILES string of the molecule is CCC(N)c1ccc(OCC(N)=O)cc1. The summed E-state index contributed by atoms with van der Waals surface area (Å²) < 4.78 is 5.12. The number of amides is 1. The van der Waals surface area contributed by atoms with Crippen LogP contribution < -0.4 is 16.2 Å². The summed E-state index contributed by atoms with van der Waals surface area (Å²) in [4.78, 5) is 10.5. The van der Waals surface area contributed by atoms with Crippen molar-refractivity contribution in [1.82, 2.24) is 0 Å². The van der Waals surface area contributed by atoms with E-state index in [1.165, 1.54) is 0 Å². The molecule has 0 spiro atoms. The number of carbonyl (C=O) groups excluding carboxylic acids is 1. The van der Waals surface area contributed by atoms with Gasteiger partial charge in [0.15, 0.2) is 6.61 Å². The van der Waals surface area contributed by atoms with Crippen molar-refractivity contribution in [2.24, 2.45) is 11.5 Å². The van der Waals surface area contributed by atoms with Gasteiger partial charge in [-0.25, -0.2) is 0 Å². The first-order valence-electron chi connectivity index (χ1n) is 4.90. The Hall–Kier alpha value is -1.55. The highest BCUT2D eigenvalue weighted by molar-refractivity contribution is 5.75. The highest BCUT2D eigenvalue weighted by Crippen LogP contribution is 2.17. The fourth-order valence-electron chi connectivity index (χ4n) is 1.20. The molecule has 0 fully saturated rings. The van der Waals surface area contributed by atoms with Crippen LogP contribution in [0, 0.1) is 0 Å². The highest BCUT2D eigenvalue weighted by atomic mass is 16.5. The fraction of sp³-hybridized carbons (Fsp3) is 0.364. The minimum atomic E-state index is -0.482. The summed E-state index contributed by atoms with van der Waals surface area (Å²) in [6.45, 7) is 1.93. The van der Waals surface area contributed by atoms with Gasteiger partial charge in [0, 0.05) is 6.04 Å². The Kier molecular flexibility index (Phi) is 4.12. The maximum absolute atomic E-state index is 10.5. The van der Waals surface area contributed by atoms with E-state index < -0.39 is 5.91 Å². The summed E-state index contributed by atoms with van der Waals surface area (Å²) in [6.07, 6.45) is 0.890. The molecule has 0 aromatic heterocycles. The van der Waals surface area contributed by atoms with Gasteiger partial charge in [0.25, 0.3) is 5.91 Å². The molecule has 1 aromatic carbocycles. The van der Waals surface area contributed by atoms with Crippen LogP contribution in [0.5, 0.6) is 5.75 Å². The van der Waals surface area contributed by atoms with Crippen molar-refractivity contribution in [2.75, 3.05) is 6.61 Å². The molecule has 4 nitrogen and oxygen atoms in total. The molecule has 0 radical (unpaired) electrons. The van der Waals surface area contributed by atoms with Crippen LogP contribution in [0.4, 0.5) is 0 Å². The van der Waals surface area contributed by atoms with Crippen LogP contribution in [0.1, 0.15) is 24.9 Å². The van der Waals surface area contributed by atoms with Gasteiger partial charge in [0.05, 0.1) is 0 Å². The molecular weight excluding hydrogens is 192 g/mol.